The number of hydrogen-bond donors (Lipinski definition) is 1. The number of aryl methyl sites for hydroxylation is 1. The van der Waals surface area contributed by atoms with Crippen LogP contribution < -0.4 is 5.32 Å². The van der Waals surface area contributed by atoms with Gasteiger partial charge in [-0.25, -0.2) is 0 Å². The van der Waals surface area contributed by atoms with E-state index in [2.05, 4.69) is 22.4 Å². The van der Waals surface area contributed by atoms with Crippen LogP contribution in [0.25, 0.3) is 0 Å². The van der Waals surface area contributed by atoms with Gasteiger partial charge in [-0.2, -0.15) is 0 Å². The second kappa shape index (κ2) is 8.48. The van der Waals surface area contributed by atoms with Crippen LogP contribution in [-0.4, -0.2) is 16.1 Å². The molecule has 128 valence electrons. The predicted molar refractivity (Wildman–Crippen MR) is 98.5 cm³/mol. The molecule has 5 nitrogen and oxygen atoms in total. The Morgan fingerprint density at radius 2 is 1.76 bits per heavy atom. The summed E-state index contributed by atoms with van der Waals surface area (Å²) >= 11 is 1.60. The zero-order chi connectivity index (χ0) is 17.5. The van der Waals surface area contributed by atoms with Crippen molar-refractivity contribution in [3.63, 3.8) is 0 Å². The van der Waals surface area contributed by atoms with Gasteiger partial charge < -0.3 is 4.42 Å². The van der Waals surface area contributed by atoms with Gasteiger partial charge in [-0.15, -0.1) is 16.9 Å². The van der Waals surface area contributed by atoms with Crippen LogP contribution in [0.2, 0.25) is 0 Å². The summed E-state index contributed by atoms with van der Waals surface area (Å²) in [5, 5.41) is 10.5. The van der Waals surface area contributed by atoms with Crippen molar-refractivity contribution in [2.45, 2.75) is 30.4 Å². The van der Waals surface area contributed by atoms with Gasteiger partial charge in [0, 0.05) is 4.90 Å². The van der Waals surface area contributed by atoms with Crippen molar-refractivity contribution in [1.29, 1.82) is 0 Å². The van der Waals surface area contributed by atoms with Gasteiger partial charge in [0.25, 0.3) is 0 Å². The van der Waals surface area contributed by atoms with E-state index in [9.17, 15) is 4.79 Å². The van der Waals surface area contributed by atoms with Crippen molar-refractivity contribution >= 4 is 23.7 Å². The number of amides is 1. The van der Waals surface area contributed by atoms with Crippen LogP contribution in [0.5, 0.6) is 0 Å². The van der Waals surface area contributed by atoms with E-state index in [4.69, 9.17) is 4.42 Å². The molecule has 3 aromatic rings. The van der Waals surface area contributed by atoms with Crippen LogP contribution in [0.3, 0.4) is 0 Å². The molecule has 0 saturated heterocycles. The Bertz CT molecular complexity index is 816. The Hall–Kier alpha value is -2.60. The molecule has 0 aliphatic rings. The van der Waals surface area contributed by atoms with Crippen molar-refractivity contribution < 1.29 is 9.21 Å². The van der Waals surface area contributed by atoms with E-state index in [-0.39, 0.29) is 18.3 Å². The number of anilines is 1. The first-order valence-corrected chi connectivity index (χ1v) is 9.09. The normalized spacial score (nSPS) is 10.6. The highest BCUT2D eigenvalue weighted by molar-refractivity contribution is 7.98. The van der Waals surface area contributed by atoms with Gasteiger partial charge in [0.1, 0.15) is 0 Å². The summed E-state index contributed by atoms with van der Waals surface area (Å²) in [5.41, 5.74) is 2.20. The second-order valence-corrected chi connectivity index (χ2v) is 6.55. The van der Waals surface area contributed by atoms with E-state index in [1.807, 2.05) is 54.6 Å². The van der Waals surface area contributed by atoms with Gasteiger partial charge >= 0.3 is 6.01 Å². The predicted octanol–water partition coefficient (Wildman–Crippen LogP) is 4.11. The van der Waals surface area contributed by atoms with E-state index >= 15 is 0 Å². The summed E-state index contributed by atoms with van der Waals surface area (Å²) in [6.07, 6.45) is 1.26. The first-order chi connectivity index (χ1) is 12.2. The minimum Gasteiger partial charge on any atom is -0.407 e. The highest BCUT2D eigenvalue weighted by Crippen LogP contribution is 2.22. The topological polar surface area (TPSA) is 68.0 Å². The molecule has 0 fully saturated rings. The van der Waals surface area contributed by atoms with Gasteiger partial charge in [0.2, 0.25) is 11.8 Å². The number of hydrogen-bond acceptors (Lipinski definition) is 5. The second-order valence-electron chi connectivity index (χ2n) is 5.50. The van der Waals surface area contributed by atoms with Gasteiger partial charge in [0.15, 0.2) is 0 Å². The smallest absolute Gasteiger partial charge is 0.322 e. The zero-order valence-corrected chi connectivity index (χ0v) is 14.8. The summed E-state index contributed by atoms with van der Waals surface area (Å²) in [6.45, 7) is 2.10. The zero-order valence-electron chi connectivity index (χ0n) is 13.9. The Balaban J connectivity index is 1.50. The molecule has 0 aliphatic carbocycles. The Morgan fingerprint density at radius 3 is 2.48 bits per heavy atom. The molecule has 2 aromatic carbocycles. The first-order valence-electron chi connectivity index (χ1n) is 8.11. The molecule has 3 rings (SSSR count). The lowest BCUT2D eigenvalue weighted by Crippen LogP contribution is -2.14. The maximum Gasteiger partial charge on any atom is 0.322 e. The molecular weight excluding hydrogens is 334 g/mol. The number of nitrogens with zero attached hydrogens (tertiary/aromatic N) is 2. The van der Waals surface area contributed by atoms with Crippen LogP contribution >= 0.6 is 11.8 Å². The monoisotopic (exact) mass is 353 g/mol. The lowest BCUT2D eigenvalue weighted by Gasteiger charge is -2.02. The lowest BCUT2D eigenvalue weighted by atomic mass is 10.1. The molecule has 0 spiro atoms. The van der Waals surface area contributed by atoms with Gasteiger partial charge in [-0.05, 0) is 29.7 Å². The fourth-order valence-corrected chi connectivity index (χ4v) is 3.02. The molecule has 0 saturated carbocycles. The third kappa shape index (κ3) is 5.19. The summed E-state index contributed by atoms with van der Waals surface area (Å²) < 4.78 is 5.48. The Kier molecular flexibility index (Phi) is 5.85. The molecule has 0 atom stereocenters. The van der Waals surface area contributed by atoms with E-state index in [0.29, 0.717) is 11.6 Å². The third-order valence-corrected chi connectivity index (χ3v) is 4.61. The van der Waals surface area contributed by atoms with Crippen LogP contribution in [0.15, 0.2) is 63.9 Å². The van der Waals surface area contributed by atoms with Crippen molar-refractivity contribution in [3.05, 3.63) is 71.6 Å². The third-order valence-electron chi connectivity index (χ3n) is 3.61. The highest BCUT2D eigenvalue weighted by atomic mass is 32.2. The number of carbonyl (C=O) groups is 1. The van der Waals surface area contributed by atoms with Crippen molar-refractivity contribution in [1.82, 2.24) is 10.2 Å². The van der Waals surface area contributed by atoms with E-state index in [1.54, 1.807) is 11.8 Å². The van der Waals surface area contributed by atoms with Crippen LogP contribution in [0.1, 0.15) is 23.9 Å². The van der Waals surface area contributed by atoms with E-state index in [0.717, 1.165) is 16.9 Å². The first kappa shape index (κ1) is 17.2. The van der Waals surface area contributed by atoms with Gasteiger partial charge in [-0.3, -0.25) is 10.1 Å². The summed E-state index contributed by atoms with van der Waals surface area (Å²) in [6, 6.07) is 18.1. The Morgan fingerprint density at radius 1 is 1.04 bits per heavy atom. The van der Waals surface area contributed by atoms with Crippen molar-refractivity contribution in [2.75, 3.05) is 5.32 Å². The molecule has 0 unspecified atom stereocenters. The maximum absolute atomic E-state index is 12.1. The molecule has 1 N–H and O–H groups in total. The number of carbonyl (C=O) groups excluding carboxylic acids is 1. The molecule has 1 aromatic heterocycles. The van der Waals surface area contributed by atoms with Gasteiger partial charge in [-0.1, -0.05) is 54.5 Å². The number of thioether (sulfide) groups is 1. The number of rotatable bonds is 7. The average molecular weight is 353 g/mol. The minimum atomic E-state index is -0.171. The number of aromatic nitrogens is 2. The number of nitrogens with one attached hydrogen (secondary N) is 1. The fourth-order valence-electron chi connectivity index (χ4n) is 2.27. The standard InChI is InChI=1S/C19H19N3O2S/c1-2-14-8-10-15(11-9-14)12-17(23)20-19-22-21-18(24-19)13-25-16-6-4-3-5-7-16/h3-11H,2,12-13H2,1H3,(H,20,22,23). The van der Waals surface area contributed by atoms with E-state index in [1.165, 1.54) is 5.56 Å². The largest absolute Gasteiger partial charge is 0.407 e. The van der Waals surface area contributed by atoms with Gasteiger partial charge in [0.05, 0.1) is 12.2 Å². The minimum absolute atomic E-state index is 0.138. The average Bonchev–Trinajstić information content (AvgIpc) is 3.08. The van der Waals surface area contributed by atoms with Crippen molar-refractivity contribution in [3.8, 4) is 0 Å². The quantitative estimate of drug-likeness (QED) is 0.648. The number of benzene rings is 2. The van der Waals surface area contributed by atoms with E-state index < -0.39 is 0 Å². The van der Waals surface area contributed by atoms with Crippen molar-refractivity contribution in [2.24, 2.45) is 0 Å². The molecule has 25 heavy (non-hydrogen) atoms. The van der Waals surface area contributed by atoms with Crippen LogP contribution in [0, 0.1) is 0 Å². The molecule has 1 amide bonds. The molecule has 6 heteroatoms. The molecular formula is C19H19N3O2S. The summed E-state index contributed by atoms with van der Waals surface area (Å²) in [5.74, 6) is 0.873. The lowest BCUT2D eigenvalue weighted by molar-refractivity contribution is -0.115. The highest BCUT2D eigenvalue weighted by Gasteiger charge is 2.11. The fraction of sp³-hybridized carbons (Fsp3) is 0.211. The maximum atomic E-state index is 12.1. The summed E-state index contributed by atoms with van der Waals surface area (Å²) in [4.78, 5) is 13.2. The molecule has 1 heterocycles. The van der Waals surface area contributed by atoms with Crippen LogP contribution in [0.4, 0.5) is 6.01 Å². The SMILES string of the molecule is CCc1ccc(CC(=O)Nc2nnc(CSc3ccccc3)o2)cc1. The van der Waals surface area contributed by atoms with Crippen LogP contribution in [-0.2, 0) is 23.4 Å². The molecule has 0 radical (unpaired) electrons. The summed E-state index contributed by atoms with van der Waals surface area (Å²) in [7, 11) is 0. The molecule has 0 aliphatic heterocycles. The Labute approximate surface area is 150 Å². The molecule has 0 bridgehead atoms.